The third-order valence-electron chi connectivity index (χ3n) is 4.04. The molecule has 2 rings (SSSR count). The average molecular weight is 298 g/mol. The zero-order chi connectivity index (χ0) is 15.9. The first-order valence-electron chi connectivity index (χ1n) is 7.56. The second kappa shape index (κ2) is 7.76. The summed E-state index contributed by atoms with van der Waals surface area (Å²) in [5, 5.41) is 9.47. The number of benzene rings is 2. The van der Waals surface area contributed by atoms with E-state index in [1.165, 1.54) is 5.56 Å². The molecule has 116 valence electrons. The minimum absolute atomic E-state index is 0.0132. The number of hydrogen-bond acceptors (Lipinski definition) is 2. The Morgan fingerprint density at radius 2 is 1.73 bits per heavy atom. The van der Waals surface area contributed by atoms with Gasteiger partial charge < -0.3 is 9.84 Å². The Kier molecular flexibility index (Phi) is 5.73. The van der Waals surface area contributed by atoms with E-state index in [1.54, 1.807) is 19.2 Å². The quantitative estimate of drug-likeness (QED) is 0.835. The lowest BCUT2D eigenvalue weighted by atomic mass is 9.83. The van der Waals surface area contributed by atoms with Crippen LogP contribution in [0.15, 0.2) is 54.6 Å². The topological polar surface area (TPSA) is 46.5 Å². The molecule has 0 saturated heterocycles. The van der Waals surface area contributed by atoms with Gasteiger partial charge in [0.25, 0.3) is 0 Å². The Hall–Kier alpha value is -2.13. The molecule has 0 bridgehead atoms. The molecule has 0 aliphatic rings. The van der Waals surface area contributed by atoms with Crippen LogP contribution in [0.2, 0.25) is 0 Å². The van der Waals surface area contributed by atoms with Crippen LogP contribution in [0.25, 0.3) is 0 Å². The summed E-state index contributed by atoms with van der Waals surface area (Å²) in [7, 11) is 1.69. The fourth-order valence-corrected chi connectivity index (χ4v) is 2.94. The Balaban J connectivity index is 2.42. The summed E-state index contributed by atoms with van der Waals surface area (Å²) < 4.78 is 5.63. The summed E-state index contributed by atoms with van der Waals surface area (Å²) in [6, 6.07) is 17.3. The van der Waals surface area contributed by atoms with Crippen LogP contribution in [0.5, 0.6) is 0 Å². The van der Waals surface area contributed by atoms with Gasteiger partial charge in [-0.25, -0.2) is 4.79 Å². The van der Waals surface area contributed by atoms with Crippen LogP contribution >= 0.6 is 0 Å². The van der Waals surface area contributed by atoms with Crippen LogP contribution in [-0.2, 0) is 11.2 Å². The molecule has 0 aromatic heterocycles. The van der Waals surface area contributed by atoms with Gasteiger partial charge in [-0.05, 0) is 30.0 Å². The van der Waals surface area contributed by atoms with Crippen molar-refractivity contribution in [2.24, 2.45) is 0 Å². The molecule has 2 atom stereocenters. The molecular formula is C19H22O3. The molecule has 0 aliphatic heterocycles. The van der Waals surface area contributed by atoms with Gasteiger partial charge in [0.2, 0.25) is 0 Å². The van der Waals surface area contributed by atoms with Gasteiger partial charge in [-0.3, -0.25) is 0 Å². The van der Waals surface area contributed by atoms with Crippen molar-refractivity contribution >= 4 is 5.97 Å². The van der Waals surface area contributed by atoms with Gasteiger partial charge >= 0.3 is 5.97 Å². The van der Waals surface area contributed by atoms with Crippen molar-refractivity contribution < 1.29 is 14.6 Å². The van der Waals surface area contributed by atoms with Crippen molar-refractivity contribution in [3.8, 4) is 0 Å². The molecule has 0 aliphatic carbocycles. The van der Waals surface area contributed by atoms with Gasteiger partial charge in [-0.15, -0.1) is 0 Å². The van der Waals surface area contributed by atoms with E-state index in [2.05, 4.69) is 19.1 Å². The molecule has 0 amide bonds. The van der Waals surface area contributed by atoms with Crippen LogP contribution in [0.3, 0.4) is 0 Å². The highest BCUT2D eigenvalue weighted by molar-refractivity contribution is 5.89. The van der Waals surface area contributed by atoms with E-state index in [4.69, 9.17) is 4.74 Å². The molecule has 3 heteroatoms. The van der Waals surface area contributed by atoms with E-state index in [1.807, 2.05) is 30.3 Å². The van der Waals surface area contributed by atoms with Crippen molar-refractivity contribution in [1.82, 2.24) is 0 Å². The van der Waals surface area contributed by atoms with Gasteiger partial charge in [-0.1, -0.05) is 55.5 Å². The predicted molar refractivity (Wildman–Crippen MR) is 87.4 cm³/mol. The maximum Gasteiger partial charge on any atom is 0.335 e. The lowest BCUT2D eigenvalue weighted by Gasteiger charge is -2.27. The fourth-order valence-electron chi connectivity index (χ4n) is 2.94. The Bertz CT molecular complexity index is 603. The van der Waals surface area contributed by atoms with E-state index in [-0.39, 0.29) is 12.0 Å². The molecule has 0 fully saturated rings. The maximum absolute atomic E-state index is 11.5. The van der Waals surface area contributed by atoms with Gasteiger partial charge in [0, 0.05) is 13.0 Å². The zero-order valence-electron chi connectivity index (χ0n) is 13.0. The standard InChI is InChI=1S/C19H22O3/c1-3-18(22-2)17(13-14-9-5-4-6-10-14)15-11-7-8-12-16(15)19(20)21/h4-12,17-18H,3,13H2,1-2H3,(H,20,21). The first-order valence-corrected chi connectivity index (χ1v) is 7.56. The first-order chi connectivity index (χ1) is 10.7. The molecule has 2 aromatic rings. The predicted octanol–water partition coefficient (Wildman–Crippen LogP) is 4.14. The lowest BCUT2D eigenvalue weighted by Crippen LogP contribution is -2.24. The summed E-state index contributed by atoms with van der Waals surface area (Å²) in [6.07, 6.45) is 1.58. The smallest absolute Gasteiger partial charge is 0.335 e. The average Bonchev–Trinajstić information content (AvgIpc) is 2.56. The van der Waals surface area contributed by atoms with E-state index in [0.29, 0.717) is 5.56 Å². The number of rotatable bonds is 7. The molecule has 2 aromatic carbocycles. The summed E-state index contributed by atoms with van der Waals surface area (Å²) in [4.78, 5) is 11.5. The molecule has 0 spiro atoms. The fraction of sp³-hybridized carbons (Fsp3) is 0.316. The molecule has 22 heavy (non-hydrogen) atoms. The number of methoxy groups -OCH3 is 1. The van der Waals surface area contributed by atoms with Crippen molar-refractivity contribution in [2.45, 2.75) is 31.8 Å². The molecule has 1 N–H and O–H groups in total. The summed E-state index contributed by atoms with van der Waals surface area (Å²) >= 11 is 0. The second-order valence-corrected chi connectivity index (χ2v) is 5.37. The van der Waals surface area contributed by atoms with E-state index >= 15 is 0 Å². The van der Waals surface area contributed by atoms with Crippen LogP contribution in [-0.4, -0.2) is 24.3 Å². The van der Waals surface area contributed by atoms with E-state index in [9.17, 15) is 9.90 Å². The number of carbonyl (C=O) groups is 1. The van der Waals surface area contributed by atoms with Crippen LogP contribution < -0.4 is 0 Å². The zero-order valence-corrected chi connectivity index (χ0v) is 13.0. The second-order valence-electron chi connectivity index (χ2n) is 5.37. The monoisotopic (exact) mass is 298 g/mol. The highest BCUT2D eigenvalue weighted by Gasteiger charge is 2.26. The van der Waals surface area contributed by atoms with E-state index < -0.39 is 5.97 Å². The number of carboxylic acid groups (broad SMARTS) is 1. The first kappa shape index (κ1) is 16.2. The highest BCUT2D eigenvalue weighted by atomic mass is 16.5. The SMILES string of the molecule is CCC(OC)C(Cc1ccccc1)c1ccccc1C(=O)O. The third-order valence-corrected chi connectivity index (χ3v) is 4.04. The number of carboxylic acids is 1. The number of ether oxygens (including phenoxy) is 1. The number of hydrogen-bond donors (Lipinski definition) is 1. The minimum atomic E-state index is -0.889. The molecular weight excluding hydrogens is 276 g/mol. The van der Waals surface area contributed by atoms with Crippen molar-refractivity contribution in [2.75, 3.05) is 7.11 Å². The minimum Gasteiger partial charge on any atom is -0.478 e. The Morgan fingerprint density at radius 1 is 1.09 bits per heavy atom. The largest absolute Gasteiger partial charge is 0.478 e. The van der Waals surface area contributed by atoms with Gasteiger partial charge in [0.05, 0.1) is 11.7 Å². The van der Waals surface area contributed by atoms with Crippen molar-refractivity contribution in [1.29, 1.82) is 0 Å². The molecule has 3 nitrogen and oxygen atoms in total. The lowest BCUT2D eigenvalue weighted by molar-refractivity contribution is 0.0672. The Labute approximate surface area is 131 Å². The highest BCUT2D eigenvalue weighted by Crippen LogP contribution is 2.30. The molecule has 0 radical (unpaired) electrons. The molecule has 2 unspecified atom stereocenters. The molecule has 0 heterocycles. The van der Waals surface area contributed by atoms with Crippen LogP contribution in [0.1, 0.15) is 40.7 Å². The van der Waals surface area contributed by atoms with Gasteiger partial charge in [0.1, 0.15) is 0 Å². The van der Waals surface area contributed by atoms with Gasteiger partial charge in [0.15, 0.2) is 0 Å². The number of aromatic carboxylic acids is 1. The van der Waals surface area contributed by atoms with Gasteiger partial charge in [-0.2, -0.15) is 0 Å². The van der Waals surface area contributed by atoms with Crippen LogP contribution in [0.4, 0.5) is 0 Å². The van der Waals surface area contributed by atoms with Crippen molar-refractivity contribution in [3.05, 3.63) is 71.3 Å². The summed E-state index contributed by atoms with van der Waals surface area (Å²) in [5.74, 6) is -0.871. The Morgan fingerprint density at radius 3 is 2.32 bits per heavy atom. The van der Waals surface area contributed by atoms with Crippen LogP contribution in [0, 0.1) is 0 Å². The third kappa shape index (κ3) is 3.74. The summed E-state index contributed by atoms with van der Waals surface area (Å²) in [6.45, 7) is 2.07. The normalized spacial score (nSPS) is 13.5. The molecule has 0 saturated carbocycles. The maximum atomic E-state index is 11.5. The van der Waals surface area contributed by atoms with Crippen molar-refractivity contribution in [3.63, 3.8) is 0 Å². The van der Waals surface area contributed by atoms with E-state index in [0.717, 1.165) is 18.4 Å². The summed E-state index contributed by atoms with van der Waals surface area (Å²) in [5.41, 5.74) is 2.38.